The molecule has 0 amide bonds. The summed E-state index contributed by atoms with van der Waals surface area (Å²) in [5.41, 5.74) is 4.41. The fourth-order valence-corrected chi connectivity index (χ4v) is 1.97. The lowest BCUT2D eigenvalue weighted by atomic mass is 10.2. The summed E-state index contributed by atoms with van der Waals surface area (Å²) in [7, 11) is 1.94. The number of nitrogens with one attached hydrogen (secondary N) is 1. The molecule has 92 valence electrons. The van der Waals surface area contributed by atoms with Gasteiger partial charge in [0.15, 0.2) is 0 Å². The Bertz CT molecular complexity index is 513. The van der Waals surface area contributed by atoms with Gasteiger partial charge in [-0.05, 0) is 27.8 Å². The number of aryl methyl sites for hydroxylation is 2. The van der Waals surface area contributed by atoms with E-state index in [-0.39, 0.29) is 0 Å². The quantitative estimate of drug-likeness (QED) is 0.872. The molecule has 5 nitrogen and oxygen atoms in total. The van der Waals surface area contributed by atoms with Crippen molar-refractivity contribution in [3.8, 4) is 0 Å². The molecule has 0 bridgehead atoms. The molecule has 17 heavy (non-hydrogen) atoms. The van der Waals surface area contributed by atoms with Crippen molar-refractivity contribution in [3.63, 3.8) is 0 Å². The largest absolute Gasteiger partial charge is 0.361 e. The Balaban J connectivity index is 2.24. The molecular formula is C12H18N4O. The summed E-state index contributed by atoms with van der Waals surface area (Å²) in [6.07, 6.45) is 0. The first kappa shape index (κ1) is 11.9. The van der Waals surface area contributed by atoms with Crippen molar-refractivity contribution in [1.82, 2.24) is 20.3 Å². The lowest BCUT2D eigenvalue weighted by Crippen LogP contribution is -2.08. The maximum Gasteiger partial charge on any atom is 0.133 e. The predicted octanol–water partition coefficient (Wildman–Crippen LogP) is 1.56. The Hall–Kier alpha value is -1.62. The topological polar surface area (TPSA) is 55.9 Å². The number of rotatable bonds is 4. The Morgan fingerprint density at radius 1 is 1.35 bits per heavy atom. The van der Waals surface area contributed by atoms with E-state index in [0.29, 0.717) is 6.54 Å². The summed E-state index contributed by atoms with van der Waals surface area (Å²) in [4.78, 5) is 0. The molecule has 1 N–H and O–H groups in total. The predicted molar refractivity (Wildman–Crippen MR) is 64.8 cm³/mol. The maximum atomic E-state index is 5.06. The van der Waals surface area contributed by atoms with E-state index in [9.17, 15) is 0 Å². The number of aromatic nitrogens is 3. The van der Waals surface area contributed by atoms with Crippen molar-refractivity contribution in [2.24, 2.45) is 0 Å². The van der Waals surface area contributed by atoms with Crippen LogP contribution in [0, 0.1) is 20.8 Å². The molecule has 0 unspecified atom stereocenters. The first-order chi connectivity index (χ1) is 8.11. The molecular weight excluding hydrogens is 216 g/mol. The molecule has 2 rings (SSSR count). The van der Waals surface area contributed by atoms with E-state index in [1.807, 2.05) is 31.6 Å². The molecule has 5 heteroatoms. The Labute approximate surface area is 101 Å². The monoisotopic (exact) mass is 234 g/mol. The van der Waals surface area contributed by atoms with E-state index in [0.717, 1.165) is 23.7 Å². The van der Waals surface area contributed by atoms with Crippen LogP contribution in [0.15, 0.2) is 10.6 Å². The van der Waals surface area contributed by atoms with Crippen molar-refractivity contribution < 1.29 is 4.52 Å². The van der Waals surface area contributed by atoms with E-state index in [4.69, 9.17) is 4.52 Å². The first-order valence-corrected chi connectivity index (χ1v) is 5.71. The number of hydrogen-bond acceptors (Lipinski definition) is 4. The highest BCUT2D eigenvalue weighted by atomic mass is 16.5. The third-order valence-corrected chi connectivity index (χ3v) is 2.87. The standard InChI is InChI=1S/C12H18N4O/c1-8-5-11(15-17-8)7-16-10(3)12(6-13-4)9(2)14-16/h5,13H,6-7H2,1-4H3. The molecule has 0 saturated heterocycles. The second kappa shape index (κ2) is 4.71. The second-order valence-corrected chi connectivity index (χ2v) is 4.27. The SMILES string of the molecule is CNCc1c(C)nn(Cc2cc(C)on2)c1C. The minimum atomic E-state index is 0.660. The van der Waals surface area contributed by atoms with Gasteiger partial charge in [0.1, 0.15) is 11.5 Å². The normalized spacial score (nSPS) is 11.1. The summed E-state index contributed by atoms with van der Waals surface area (Å²) < 4.78 is 7.03. The van der Waals surface area contributed by atoms with E-state index in [1.165, 1.54) is 11.3 Å². The van der Waals surface area contributed by atoms with E-state index >= 15 is 0 Å². The van der Waals surface area contributed by atoms with Crippen molar-refractivity contribution in [3.05, 3.63) is 34.5 Å². The number of nitrogens with zero attached hydrogens (tertiary/aromatic N) is 3. The van der Waals surface area contributed by atoms with Crippen LogP contribution in [0.25, 0.3) is 0 Å². The van der Waals surface area contributed by atoms with Gasteiger partial charge in [-0.3, -0.25) is 4.68 Å². The third kappa shape index (κ3) is 2.39. The molecule has 2 heterocycles. The highest BCUT2D eigenvalue weighted by Gasteiger charge is 2.12. The summed E-state index contributed by atoms with van der Waals surface area (Å²) in [6, 6.07) is 1.94. The fourth-order valence-electron chi connectivity index (χ4n) is 1.97. The van der Waals surface area contributed by atoms with Crippen LogP contribution in [0.1, 0.15) is 28.4 Å². The van der Waals surface area contributed by atoms with Crippen LogP contribution in [-0.2, 0) is 13.1 Å². The van der Waals surface area contributed by atoms with E-state index < -0.39 is 0 Å². The zero-order chi connectivity index (χ0) is 12.4. The van der Waals surface area contributed by atoms with Gasteiger partial charge in [0, 0.05) is 23.9 Å². The molecule has 0 fully saturated rings. The molecule has 0 atom stereocenters. The molecule has 0 aliphatic rings. The lowest BCUT2D eigenvalue weighted by molar-refractivity contribution is 0.387. The molecule has 0 saturated carbocycles. The third-order valence-electron chi connectivity index (χ3n) is 2.87. The van der Waals surface area contributed by atoms with E-state index in [1.54, 1.807) is 0 Å². The average molecular weight is 234 g/mol. The Kier molecular flexibility index (Phi) is 3.28. The molecule has 0 aromatic carbocycles. The van der Waals surface area contributed by atoms with Gasteiger partial charge in [-0.15, -0.1) is 0 Å². The van der Waals surface area contributed by atoms with Crippen LogP contribution < -0.4 is 5.32 Å². The van der Waals surface area contributed by atoms with Gasteiger partial charge < -0.3 is 9.84 Å². The highest BCUT2D eigenvalue weighted by Crippen LogP contribution is 2.14. The van der Waals surface area contributed by atoms with Crippen LogP contribution in [0.3, 0.4) is 0 Å². The molecule has 0 aliphatic carbocycles. The maximum absolute atomic E-state index is 5.06. The molecule has 2 aromatic rings. The van der Waals surface area contributed by atoms with Gasteiger partial charge in [0.05, 0.1) is 12.2 Å². The second-order valence-electron chi connectivity index (χ2n) is 4.27. The van der Waals surface area contributed by atoms with Crippen LogP contribution in [0.4, 0.5) is 0 Å². The molecule has 2 aromatic heterocycles. The average Bonchev–Trinajstić information content (AvgIpc) is 2.79. The Morgan fingerprint density at radius 2 is 2.12 bits per heavy atom. The van der Waals surface area contributed by atoms with Crippen molar-refractivity contribution in [1.29, 1.82) is 0 Å². The van der Waals surface area contributed by atoms with Gasteiger partial charge >= 0.3 is 0 Å². The molecule has 0 spiro atoms. The minimum Gasteiger partial charge on any atom is -0.361 e. The summed E-state index contributed by atoms with van der Waals surface area (Å²) in [6.45, 7) is 7.51. The summed E-state index contributed by atoms with van der Waals surface area (Å²) >= 11 is 0. The number of hydrogen-bond donors (Lipinski definition) is 1. The smallest absolute Gasteiger partial charge is 0.133 e. The van der Waals surface area contributed by atoms with Gasteiger partial charge in [-0.25, -0.2) is 0 Å². The van der Waals surface area contributed by atoms with Gasteiger partial charge in [0.2, 0.25) is 0 Å². The van der Waals surface area contributed by atoms with Gasteiger partial charge in [0.25, 0.3) is 0 Å². The van der Waals surface area contributed by atoms with Gasteiger partial charge in [-0.2, -0.15) is 5.10 Å². The zero-order valence-electron chi connectivity index (χ0n) is 10.7. The zero-order valence-corrected chi connectivity index (χ0v) is 10.7. The molecule has 0 radical (unpaired) electrons. The van der Waals surface area contributed by atoms with E-state index in [2.05, 4.69) is 22.5 Å². The van der Waals surface area contributed by atoms with Crippen LogP contribution in [0.5, 0.6) is 0 Å². The lowest BCUT2D eigenvalue weighted by Gasteiger charge is -2.02. The summed E-state index contributed by atoms with van der Waals surface area (Å²) in [5.74, 6) is 0.831. The van der Waals surface area contributed by atoms with Crippen LogP contribution in [-0.4, -0.2) is 22.0 Å². The highest BCUT2D eigenvalue weighted by molar-refractivity contribution is 5.25. The summed E-state index contributed by atoms with van der Waals surface area (Å²) in [5, 5.41) is 11.7. The van der Waals surface area contributed by atoms with Crippen molar-refractivity contribution in [2.45, 2.75) is 33.9 Å². The first-order valence-electron chi connectivity index (χ1n) is 5.71. The Morgan fingerprint density at radius 3 is 2.71 bits per heavy atom. The molecule has 0 aliphatic heterocycles. The van der Waals surface area contributed by atoms with Crippen molar-refractivity contribution >= 4 is 0 Å². The minimum absolute atomic E-state index is 0.660. The van der Waals surface area contributed by atoms with Crippen LogP contribution in [0.2, 0.25) is 0 Å². The van der Waals surface area contributed by atoms with Crippen LogP contribution >= 0.6 is 0 Å². The van der Waals surface area contributed by atoms with Gasteiger partial charge in [-0.1, -0.05) is 5.16 Å². The fraction of sp³-hybridized carbons (Fsp3) is 0.500. The van der Waals surface area contributed by atoms with Crippen molar-refractivity contribution in [2.75, 3.05) is 7.05 Å².